The van der Waals surface area contributed by atoms with Crippen molar-refractivity contribution in [1.29, 1.82) is 5.26 Å². The van der Waals surface area contributed by atoms with Gasteiger partial charge < -0.3 is 15.2 Å². The van der Waals surface area contributed by atoms with Crippen LogP contribution < -0.4 is 5.32 Å². The van der Waals surface area contributed by atoms with E-state index in [2.05, 4.69) is 18.3 Å². The molecular formula is C18H30N2O4. The predicted octanol–water partition coefficient (Wildman–Crippen LogP) is 2.59. The summed E-state index contributed by atoms with van der Waals surface area (Å²) >= 11 is 0. The Kier molecular flexibility index (Phi) is 8.77. The summed E-state index contributed by atoms with van der Waals surface area (Å²) in [6.07, 6.45) is 5.83. The Morgan fingerprint density at radius 1 is 1.29 bits per heavy atom. The maximum absolute atomic E-state index is 12.2. The molecule has 0 radical (unpaired) electrons. The molecule has 136 valence electrons. The quantitative estimate of drug-likeness (QED) is 0.497. The van der Waals surface area contributed by atoms with Crippen molar-refractivity contribution in [3.8, 4) is 6.07 Å². The number of esters is 1. The first kappa shape index (κ1) is 20.4. The molecule has 0 spiro atoms. The van der Waals surface area contributed by atoms with E-state index in [9.17, 15) is 20.0 Å². The molecule has 0 bridgehead atoms. The molecule has 6 heteroatoms. The van der Waals surface area contributed by atoms with Crippen LogP contribution in [0.25, 0.3) is 0 Å². The number of hydrogen-bond donors (Lipinski definition) is 2. The number of carbonyl (C=O) groups excluding carboxylic acids is 2. The number of aliphatic hydroxyl groups excluding tert-OH is 1. The molecule has 1 aliphatic rings. The number of carbonyl (C=O) groups is 2. The Balaban J connectivity index is 2.40. The molecule has 0 aromatic carbocycles. The van der Waals surface area contributed by atoms with Gasteiger partial charge in [0.1, 0.15) is 5.54 Å². The highest BCUT2D eigenvalue weighted by molar-refractivity contribution is 5.84. The summed E-state index contributed by atoms with van der Waals surface area (Å²) in [5.41, 5.74) is -0.838. The maximum Gasteiger partial charge on any atom is 0.309 e. The van der Waals surface area contributed by atoms with Crippen molar-refractivity contribution in [2.24, 2.45) is 0 Å². The lowest BCUT2D eigenvalue weighted by Crippen LogP contribution is -2.52. The number of nitrogens with zero attached hydrogens (tertiary/aromatic N) is 1. The molecule has 1 saturated carbocycles. The lowest BCUT2D eigenvalue weighted by Gasteiger charge is -2.32. The van der Waals surface area contributed by atoms with Gasteiger partial charge in [0, 0.05) is 0 Å². The largest absolute Gasteiger partial charge is 0.452 e. The van der Waals surface area contributed by atoms with Crippen LogP contribution in [0.5, 0.6) is 0 Å². The summed E-state index contributed by atoms with van der Waals surface area (Å²) in [4.78, 5) is 24.0. The van der Waals surface area contributed by atoms with Gasteiger partial charge in [0.25, 0.3) is 5.91 Å². The van der Waals surface area contributed by atoms with Crippen molar-refractivity contribution < 1.29 is 19.4 Å². The smallest absolute Gasteiger partial charge is 0.309 e. The summed E-state index contributed by atoms with van der Waals surface area (Å²) in [6.45, 7) is 3.56. The van der Waals surface area contributed by atoms with Gasteiger partial charge in [0.15, 0.2) is 6.10 Å². The molecule has 2 atom stereocenters. The third-order valence-electron chi connectivity index (χ3n) is 4.50. The van der Waals surface area contributed by atoms with Crippen LogP contribution in [0.2, 0.25) is 0 Å². The van der Waals surface area contributed by atoms with E-state index in [1.807, 2.05) is 0 Å². The second kappa shape index (κ2) is 10.3. The van der Waals surface area contributed by atoms with E-state index in [0.717, 1.165) is 38.5 Å². The van der Waals surface area contributed by atoms with Crippen LogP contribution in [-0.2, 0) is 14.3 Å². The minimum absolute atomic E-state index is 0.106. The van der Waals surface area contributed by atoms with Crippen molar-refractivity contribution in [1.82, 2.24) is 5.32 Å². The number of nitrogens with one attached hydrogen (secondary N) is 1. The number of unbranched alkanes of at least 4 members (excludes halogenated alkanes) is 2. The number of aliphatic hydroxyl groups is 1. The van der Waals surface area contributed by atoms with E-state index in [1.165, 1.54) is 6.92 Å². The van der Waals surface area contributed by atoms with Gasteiger partial charge in [0.2, 0.25) is 0 Å². The SMILES string of the molecule is CCCCC[C@@H](O)CC(=O)O[C@H](C)C(=O)NC1(C#N)CCCCC1. The molecule has 0 aromatic rings. The highest BCUT2D eigenvalue weighted by atomic mass is 16.5. The first-order valence-corrected chi connectivity index (χ1v) is 9.03. The maximum atomic E-state index is 12.2. The van der Waals surface area contributed by atoms with Crippen LogP contribution in [0.15, 0.2) is 0 Å². The van der Waals surface area contributed by atoms with Gasteiger partial charge in [-0.2, -0.15) is 5.26 Å². The Hall–Kier alpha value is -1.61. The minimum Gasteiger partial charge on any atom is -0.452 e. The summed E-state index contributed by atoms with van der Waals surface area (Å²) in [6, 6.07) is 2.20. The monoisotopic (exact) mass is 338 g/mol. The number of rotatable bonds is 9. The fourth-order valence-electron chi connectivity index (χ4n) is 2.98. The van der Waals surface area contributed by atoms with E-state index < -0.39 is 29.6 Å². The Labute approximate surface area is 144 Å². The first-order chi connectivity index (χ1) is 11.4. The van der Waals surface area contributed by atoms with Crippen LogP contribution >= 0.6 is 0 Å². The Morgan fingerprint density at radius 3 is 2.54 bits per heavy atom. The highest BCUT2D eigenvalue weighted by Crippen LogP contribution is 2.27. The van der Waals surface area contributed by atoms with E-state index in [-0.39, 0.29) is 6.42 Å². The van der Waals surface area contributed by atoms with E-state index >= 15 is 0 Å². The standard InChI is InChI=1S/C18H30N2O4/c1-3-4-6-9-15(21)12-16(22)24-14(2)17(23)20-18(13-19)10-7-5-8-11-18/h14-15,21H,3-12H2,1-2H3,(H,20,23)/t14-,15-/m1/s1. The van der Waals surface area contributed by atoms with Gasteiger partial charge in [-0.25, -0.2) is 0 Å². The molecule has 2 N–H and O–H groups in total. The normalized spacial score (nSPS) is 18.9. The third kappa shape index (κ3) is 6.88. The molecule has 6 nitrogen and oxygen atoms in total. The average molecular weight is 338 g/mol. The summed E-state index contributed by atoms with van der Waals surface area (Å²) in [5.74, 6) is -1.04. The molecule has 1 amide bonds. The molecule has 1 aliphatic carbocycles. The van der Waals surface area contributed by atoms with Crippen molar-refractivity contribution in [3.63, 3.8) is 0 Å². The van der Waals surface area contributed by atoms with Crippen LogP contribution in [0.3, 0.4) is 0 Å². The lowest BCUT2D eigenvalue weighted by molar-refractivity contribution is -0.157. The van der Waals surface area contributed by atoms with Gasteiger partial charge in [-0.1, -0.05) is 45.4 Å². The molecule has 0 saturated heterocycles. The summed E-state index contributed by atoms with van der Waals surface area (Å²) < 4.78 is 5.10. The molecule has 0 heterocycles. The van der Waals surface area contributed by atoms with Crippen molar-refractivity contribution in [3.05, 3.63) is 0 Å². The lowest BCUT2D eigenvalue weighted by atomic mass is 9.83. The van der Waals surface area contributed by atoms with Crippen molar-refractivity contribution in [2.75, 3.05) is 0 Å². The first-order valence-electron chi connectivity index (χ1n) is 9.03. The highest BCUT2D eigenvalue weighted by Gasteiger charge is 2.35. The van der Waals surface area contributed by atoms with Gasteiger partial charge in [0.05, 0.1) is 18.6 Å². The van der Waals surface area contributed by atoms with Crippen molar-refractivity contribution >= 4 is 11.9 Å². The van der Waals surface area contributed by atoms with Crippen LogP contribution in [-0.4, -0.2) is 34.7 Å². The third-order valence-corrected chi connectivity index (χ3v) is 4.50. The van der Waals surface area contributed by atoms with Crippen molar-refractivity contribution in [2.45, 2.75) is 95.8 Å². The van der Waals surface area contributed by atoms with Crippen LogP contribution in [0, 0.1) is 11.3 Å². The Morgan fingerprint density at radius 2 is 1.96 bits per heavy atom. The summed E-state index contributed by atoms with van der Waals surface area (Å²) in [5, 5.41) is 21.9. The molecule has 0 unspecified atom stereocenters. The number of amides is 1. The molecule has 1 fully saturated rings. The molecule has 1 rings (SSSR count). The van der Waals surface area contributed by atoms with E-state index in [1.54, 1.807) is 0 Å². The van der Waals surface area contributed by atoms with Gasteiger partial charge in [-0.15, -0.1) is 0 Å². The van der Waals surface area contributed by atoms with Crippen LogP contribution in [0.1, 0.15) is 78.1 Å². The zero-order valence-electron chi connectivity index (χ0n) is 14.8. The number of nitriles is 1. The molecule has 0 aromatic heterocycles. The second-order valence-electron chi connectivity index (χ2n) is 6.73. The summed E-state index contributed by atoms with van der Waals surface area (Å²) in [7, 11) is 0. The topological polar surface area (TPSA) is 99.4 Å². The van der Waals surface area contributed by atoms with Gasteiger partial charge >= 0.3 is 5.97 Å². The molecule has 24 heavy (non-hydrogen) atoms. The number of hydrogen-bond acceptors (Lipinski definition) is 5. The fraction of sp³-hybridized carbons (Fsp3) is 0.833. The average Bonchev–Trinajstić information content (AvgIpc) is 2.55. The Bertz CT molecular complexity index is 452. The van der Waals surface area contributed by atoms with Gasteiger partial charge in [-0.05, 0) is 26.2 Å². The zero-order chi connectivity index (χ0) is 18.0. The molecular weight excluding hydrogens is 308 g/mol. The van der Waals surface area contributed by atoms with Gasteiger partial charge in [-0.3, -0.25) is 9.59 Å². The fourth-order valence-corrected chi connectivity index (χ4v) is 2.98. The van der Waals surface area contributed by atoms with Crippen LogP contribution in [0.4, 0.5) is 0 Å². The molecule has 0 aliphatic heterocycles. The van der Waals surface area contributed by atoms with E-state index in [4.69, 9.17) is 4.74 Å². The predicted molar refractivity (Wildman–Crippen MR) is 89.9 cm³/mol. The number of ether oxygens (including phenoxy) is 1. The van der Waals surface area contributed by atoms with E-state index in [0.29, 0.717) is 19.3 Å². The minimum atomic E-state index is -0.965. The zero-order valence-corrected chi connectivity index (χ0v) is 14.8. The second-order valence-corrected chi connectivity index (χ2v) is 6.73.